The molecule has 0 aliphatic rings. The molecule has 0 aromatic carbocycles. The van der Waals surface area contributed by atoms with E-state index in [-0.39, 0.29) is 23.8 Å². The van der Waals surface area contributed by atoms with Gasteiger partial charge in [-0.25, -0.2) is 0 Å². The highest BCUT2D eigenvalue weighted by Crippen LogP contribution is 2.21. The van der Waals surface area contributed by atoms with Crippen molar-refractivity contribution in [3.8, 4) is 0 Å². The molecular weight excluding hydrogens is 620 g/mol. The molecule has 50 heavy (non-hydrogen) atoms. The number of hydrogen-bond acceptors (Lipinski definition) is 6. The van der Waals surface area contributed by atoms with Crippen LogP contribution in [0.5, 0.6) is 0 Å². The predicted molar refractivity (Wildman–Crippen MR) is 216 cm³/mol. The topological polar surface area (TPSA) is 59.1 Å². The number of carbonyl (C=O) groups is 2. The van der Waals surface area contributed by atoms with E-state index in [4.69, 9.17) is 9.47 Å². The van der Waals surface area contributed by atoms with E-state index >= 15 is 0 Å². The second-order valence-electron chi connectivity index (χ2n) is 15.6. The van der Waals surface area contributed by atoms with Crippen LogP contribution in [0.25, 0.3) is 0 Å². The molecule has 0 rings (SSSR count). The number of rotatable bonds is 39. The van der Waals surface area contributed by atoms with Crippen molar-refractivity contribution >= 4 is 11.9 Å². The zero-order valence-electron chi connectivity index (χ0n) is 34.7. The van der Waals surface area contributed by atoms with Gasteiger partial charge in [0.1, 0.15) is 0 Å². The van der Waals surface area contributed by atoms with Crippen molar-refractivity contribution < 1.29 is 19.1 Å². The van der Waals surface area contributed by atoms with Crippen molar-refractivity contribution in [1.29, 1.82) is 0 Å². The van der Waals surface area contributed by atoms with Crippen LogP contribution in [-0.2, 0) is 19.1 Å². The maximum absolute atomic E-state index is 12.7. The molecule has 0 aromatic heterocycles. The fourth-order valence-corrected chi connectivity index (χ4v) is 6.84. The third kappa shape index (κ3) is 31.6. The van der Waals surface area contributed by atoms with E-state index in [0.717, 1.165) is 96.6 Å². The van der Waals surface area contributed by atoms with Crippen molar-refractivity contribution in [2.75, 3.05) is 53.5 Å². The van der Waals surface area contributed by atoms with Crippen LogP contribution in [0.1, 0.15) is 207 Å². The molecule has 0 spiro atoms. The normalized spacial score (nSPS) is 12.9. The van der Waals surface area contributed by atoms with E-state index in [2.05, 4.69) is 51.6 Å². The molecule has 2 atom stereocenters. The third-order valence-electron chi connectivity index (χ3n) is 10.4. The van der Waals surface area contributed by atoms with Gasteiger partial charge in [0.15, 0.2) is 0 Å². The number of carbonyl (C=O) groups excluding carboxylic acids is 2. The lowest BCUT2D eigenvalue weighted by Gasteiger charge is -2.24. The van der Waals surface area contributed by atoms with Crippen LogP contribution in [0, 0.1) is 11.8 Å². The van der Waals surface area contributed by atoms with Gasteiger partial charge in [-0.1, -0.05) is 156 Å². The number of hydrogen-bond donors (Lipinski definition) is 0. The second-order valence-corrected chi connectivity index (χ2v) is 15.6. The molecule has 0 radical (unpaired) electrons. The van der Waals surface area contributed by atoms with E-state index < -0.39 is 0 Å². The van der Waals surface area contributed by atoms with Gasteiger partial charge in [0.2, 0.25) is 0 Å². The van der Waals surface area contributed by atoms with Crippen LogP contribution in [0.3, 0.4) is 0 Å². The van der Waals surface area contributed by atoms with Gasteiger partial charge in [-0.3, -0.25) is 9.59 Å². The van der Waals surface area contributed by atoms with Crippen molar-refractivity contribution in [2.45, 2.75) is 207 Å². The summed E-state index contributed by atoms with van der Waals surface area (Å²) in [5, 5.41) is 0. The van der Waals surface area contributed by atoms with E-state index in [0.29, 0.717) is 13.2 Å². The summed E-state index contributed by atoms with van der Waals surface area (Å²) in [6.45, 7) is 14.7. The summed E-state index contributed by atoms with van der Waals surface area (Å²) in [6, 6.07) is 0. The summed E-state index contributed by atoms with van der Waals surface area (Å²) in [6.07, 6.45) is 32.8. The van der Waals surface area contributed by atoms with Gasteiger partial charge in [0.25, 0.3) is 0 Å². The van der Waals surface area contributed by atoms with Crippen molar-refractivity contribution in [3.63, 3.8) is 0 Å². The molecule has 0 amide bonds. The minimum Gasteiger partial charge on any atom is -0.465 e. The Balaban J connectivity index is 4.06. The molecular formula is C44H88N2O4. The van der Waals surface area contributed by atoms with Gasteiger partial charge >= 0.3 is 11.9 Å². The number of ether oxygens (including phenoxy) is 2. The summed E-state index contributed by atoms with van der Waals surface area (Å²) in [7, 11) is 4.34. The SMILES string of the molecule is CCCCCCC(CCCC)C(=O)OCCCCCCCCCN(CCCCCCCOC(=O)C(CCCC)CCCCCC)CCN(C)C. The number of nitrogens with zero attached hydrogens (tertiary/aromatic N) is 2. The quantitative estimate of drug-likeness (QED) is 0.0468. The van der Waals surface area contributed by atoms with E-state index in [1.54, 1.807) is 0 Å². The van der Waals surface area contributed by atoms with E-state index in [9.17, 15) is 9.59 Å². The Morgan fingerprint density at radius 1 is 0.400 bits per heavy atom. The third-order valence-corrected chi connectivity index (χ3v) is 10.4. The molecule has 0 saturated carbocycles. The van der Waals surface area contributed by atoms with Crippen molar-refractivity contribution in [3.05, 3.63) is 0 Å². The molecule has 2 unspecified atom stereocenters. The standard InChI is InChI=1S/C44H88N2O4/c1-7-11-15-25-33-41(31-13-9-3)43(47)49-39-29-23-19-17-18-21-27-35-46(38-37-45(5)6)36-28-22-20-24-30-40-50-44(48)42(32-14-10-4)34-26-16-12-8-2/h41-42H,7-40H2,1-6H3. The predicted octanol–water partition coefficient (Wildman–Crippen LogP) is 12.2. The molecule has 0 aliphatic carbocycles. The van der Waals surface area contributed by atoms with Gasteiger partial charge < -0.3 is 19.3 Å². The van der Waals surface area contributed by atoms with Gasteiger partial charge in [-0.15, -0.1) is 0 Å². The second kappa shape index (κ2) is 37.6. The van der Waals surface area contributed by atoms with Crippen molar-refractivity contribution in [1.82, 2.24) is 9.80 Å². The summed E-state index contributed by atoms with van der Waals surface area (Å²) in [5.74, 6) is 0.348. The first-order valence-corrected chi connectivity index (χ1v) is 22.1. The zero-order chi connectivity index (χ0) is 36.9. The Hall–Kier alpha value is -1.14. The first kappa shape index (κ1) is 48.9. The lowest BCUT2D eigenvalue weighted by Crippen LogP contribution is -2.33. The fraction of sp³-hybridized carbons (Fsp3) is 0.955. The highest BCUT2D eigenvalue weighted by molar-refractivity contribution is 5.72. The lowest BCUT2D eigenvalue weighted by molar-refractivity contribution is -0.150. The van der Waals surface area contributed by atoms with Crippen LogP contribution in [0.15, 0.2) is 0 Å². The van der Waals surface area contributed by atoms with Gasteiger partial charge in [-0.2, -0.15) is 0 Å². The highest BCUT2D eigenvalue weighted by atomic mass is 16.5. The summed E-state index contributed by atoms with van der Waals surface area (Å²) in [4.78, 5) is 30.3. The smallest absolute Gasteiger partial charge is 0.308 e. The van der Waals surface area contributed by atoms with Crippen molar-refractivity contribution in [2.24, 2.45) is 11.8 Å². The first-order chi connectivity index (χ1) is 24.4. The largest absolute Gasteiger partial charge is 0.465 e. The molecule has 6 nitrogen and oxygen atoms in total. The first-order valence-electron chi connectivity index (χ1n) is 22.1. The zero-order valence-corrected chi connectivity index (χ0v) is 34.7. The van der Waals surface area contributed by atoms with Gasteiger partial charge in [0.05, 0.1) is 25.0 Å². The summed E-state index contributed by atoms with van der Waals surface area (Å²) >= 11 is 0. The maximum atomic E-state index is 12.7. The Morgan fingerprint density at radius 2 is 0.740 bits per heavy atom. The van der Waals surface area contributed by atoms with Crippen LogP contribution >= 0.6 is 0 Å². The fourth-order valence-electron chi connectivity index (χ4n) is 6.84. The number of likely N-dealkylation sites (N-methyl/N-ethyl adjacent to an activating group) is 1. The van der Waals surface area contributed by atoms with Gasteiger partial charge in [0, 0.05) is 13.1 Å². The minimum atomic E-state index is 0.0589. The molecule has 0 fully saturated rings. The van der Waals surface area contributed by atoms with Gasteiger partial charge in [-0.05, 0) is 78.6 Å². The van der Waals surface area contributed by atoms with Crippen LogP contribution in [0.2, 0.25) is 0 Å². The van der Waals surface area contributed by atoms with Crippen LogP contribution in [0.4, 0.5) is 0 Å². The van der Waals surface area contributed by atoms with E-state index in [1.807, 2.05) is 0 Å². The average Bonchev–Trinajstić information content (AvgIpc) is 3.11. The Morgan fingerprint density at radius 3 is 1.12 bits per heavy atom. The number of esters is 2. The maximum Gasteiger partial charge on any atom is 0.308 e. The molecule has 0 aliphatic heterocycles. The molecule has 0 aromatic rings. The molecule has 0 saturated heterocycles. The Bertz CT molecular complexity index is 731. The highest BCUT2D eigenvalue weighted by Gasteiger charge is 2.20. The number of unbranched alkanes of at least 4 members (excludes halogenated alkanes) is 18. The minimum absolute atomic E-state index is 0.0589. The lowest BCUT2D eigenvalue weighted by atomic mass is 9.95. The average molecular weight is 709 g/mol. The molecule has 6 heteroatoms. The van der Waals surface area contributed by atoms with Crippen LogP contribution in [-0.4, -0.2) is 75.2 Å². The molecule has 0 heterocycles. The summed E-state index contributed by atoms with van der Waals surface area (Å²) in [5.41, 5.74) is 0. The monoisotopic (exact) mass is 709 g/mol. The molecule has 298 valence electrons. The Labute approximate surface area is 313 Å². The van der Waals surface area contributed by atoms with E-state index in [1.165, 1.54) is 109 Å². The molecule has 0 N–H and O–H groups in total. The van der Waals surface area contributed by atoms with Crippen LogP contribution < -0.4 is 0 Å². The Kier molecular flexibility index (Phi) is 36.8. The summed E-state index contributed by atoms with van der Waals surface area (Å²) < 4.78 is 11.4. The molecule has 0 bridgehead atoms.